The van der Waals surface area contributed by atoms with Crippen molar-refractivity contribution in [2.75, 3.05) is 17.2 Å². The molecular weight excluding hydrogens is 352 g/mol. The quantitative estimate of drug-likeness (QED) is 0.424. The van der Waals surface area contributed by atoms with Crippen molar-refractivity contribution in [2.45, 2.75) is 0 Å². The number of hydrogen-bond acceptors (Lipinski definition) is 8. The van der Waals surface area contributed by atoms with Crippen molar-refractivity contribution >= 4 is 29.1 Å². The van der Waals surface area contributed by atoms with Crippen LogP contribution in [0, 0.1) is 10.1 Å². The van der Waals surface area contributed by atoms with Crippen LogP contribution in [-0.4, -0.2) is 37.5 Å². The SMILES string of the molecule is O=C(O)CNc1nc(Nc2ccc([N+](=O)[O-])cc2)cc(-c2ccccn2)n1. The molecule has 0 bridgehead atoms. The van der Waals surface area contributed by atoms with Gasteiger partial charge >= 0.3 is 5.97 Å². The standard InChI is InChI=1S/C17H14N6O4/c24-16(25)10-19-17-21-14(13-3-1-2-8-18-13)9-15(22-17)20-11-4-6-12(7-5-11)23(26)27/h1-9H,10H2,(H,24,25)(H2,19,20,21,22). The molecular formula is C17H14N6O4. The Balaban J connectivity index is 1.91. The lowest BCUT2D eigenvalue weighted by Gasteiger charge is -2.10. The Kier molecular flexibility index (Phi) is 5.17. The number of pyridine rings is 1. The van der Waals surface area contributed by atoms with E-state index in [4.69, 9.17) is 5.11 Å². The van der Waals surface area contributed by atoms with Crippen LogP contribution in [0.4, 0.5) is 23.1 Å². The van der Waals surface area contributed by atoms with E-state index in [1.54, 1.807) is 42.6 Å². The Labute approximate surface area is 153 Å². The van der Waals surface area contributed by atoms with E-state index in [1.165, 1.54) is 12.1 Å². The fourth-order valence-electron chi connectivity index (χ4n) is 2.20. The zero-order chi connectivity index (χ0) is 19.2. The number of carboxylic acids is 1. The summed E-state index contributed by atoms with van der Waals surface area (Å²) in [7, 11) is 0. The predicted molar refractivity (Wildman–Crippen MR) is 97.8 cm³/mol. The summed E-state index contributed by atoms with van der Waals surface area (Å²) >= 11 is 0. The molecule has 136 valence electrons. The Morgan fingerprint density at radius 3 is 2.52 bits per heavy atom. The van der Waals surface area contributed by atoms with Gasteiger partial charge in [-0.25, -0.2) is 4.98 Å². The highest BCUT2D eigenvalue weighted by Crippen LogP contribution is 2.23. The van der Waals surface area contributed by atoms with Crippen LogP contribution in [-0.2, 0) is 4.79 Å². The topological polar surface area (TPSA) is 143 Å². The molecule has 0 fully saturated rings. The minimum absolute atomic E-state index is 0.0266. The zero-order valence-electron chi connectivity index (χ0n) is 13.9. The molecule has 0 aliphatic carbocycles. The molecule has 0 spiro atoms. The maximum Gasteiger partial charge on any atom is 0.322 e. The van der Waals surface area contributed by atoms with Crippen LogP contribution in [0.15, 0.2) is 54.7 Å². The van der Waals surface area contributed by atoms with Crippen molar-refractivity contribution in [1.82, 2.24) is 15.0 Å². The number of anilines is 3. The third-order valence-corrected chi connectivity index (χ3v) is 3.40. The van der Waals surface area contributed by atoms with Gasteiger partial charge in [-0.3, -0.25) is 19.9 Å². The summed E-state index contributed by atoms with van der Waals surface area (Å²) in [5.74, 6) is -0.552. The van der Waals surface area contributed by atoms with Gasteiger partial charge in [0.05, 0.1) is 16.3 Å². The van der Waals surface area contributed by atoms with E-state index in [2.05, 4.69) is 25.6 Å². The van der Waals surface area contributed by atoms with Crippen LogP contribution in [0.25, 0.3) is 11.4 Å². The lowest BCUT2D eigenvalue weighted by atomic mass is 10.2. The van der Waals surface area contributed by atoms with Crippen LogP contribution >= 0.6 is 0 Å². The lowest BCUT2D eigenvalue weighted by molar-refractivity contribution is -0.384. The highest BCUT2D eigenvalue weighted by molar-refractivity contribution is 5.72. The number of hydrogen-bond donors (Lipinski definition) is 3. The molecule has 0 radical (unpaired) electrons. The summed E-state index contributed by atoms with van der Waals surface area (Å²) < 4.78 is 0. The molecule has 3 aromatic rings. The van der Waals surface area contributed by atoms with Gasteiger partial charge in [-0.15, -0.1) is 0 Å². The first-order valence-corrected chi connectivity index (χ1v) is 7.79. The predicted octanol–water partition coefficient (Wildman–Crippen LogP) is 2.69. The van der Waals surface area contributed by atoms with Gasteiger partial charge in [0.2, 0.25) is 5.95 Å². The van der Waals surface area contributed by atoms with Gasteiger partial charge in [0.25, 0.3) is 5.69 Å². The third kappa shape index (κ3) is 4.72. The summed E-state index contributed by atoms with van der Waals surface area (Å²) in [6.07, 6.45) is 1.62. The van der Waals surface area contributed by atoms with Crippen molar-refractivity contribution in [3.05, 3.63) is 64.8 Å². The Morgan fingerprint density at radius 1 is 1.11 bits per heavy atom. The van der Waals surface area contributed by atoms with Crippen molar-refractivity contribution in [3.8, 4) is 11.4 Å². The number of nitrogens with one attached hydrogen (secondary N) is 2. The third-order valence-electron chi connectivity index (χ3n) is 3.40. The number of nitrogens with zero attached hydrogens (tertiary/aromatic N) is 4. The van der Waals surface area contributed by atoms with Crippen LogP contribution in [0.2, 0.25) is 0 Å². The van der Waals surface area contributed by atoms with E-state index in [-0.39, 0.29) is 18.2 Å². The zero-order valence-corrected chi connectivity index (χ0v) is 13.9. The van der Waals surface area contributed by atoms with Crippen molar-refractivity contribution in [1.29, 1.82) is 0 Å². The highest BCUT2D eigenvalue weighted by Gasteiger charge is 2.10. The van der Waals surface area contributed by atoms with Crippen LogP contribution in [0.3, 0.4) is 0 Å². The number of aliphatic carboxylic acids is 1. The molecule has 10 heteroatoms. The first kappa shape index (κ1) is 17.7. The summed E-state index contributed by atoms with van der Waals surface area (Å²) in [5.41, 5.74) is 1.63. The molecule has 2 aromatic heterocycles. The normalized spacial score (nSPS) is 10.2. The monoisotopic (exact) mass is 366 g/mol. The average Bonchev–Trinajstić information content (AvgIpc) is 2.67. The molecule has 3 N–H and O–H groups in total. The van der Waals surface area contributed by atoms with E-state index in [1.807, 2.05) is 0 Å². The summed E-state index contributed by atoms with van der Waals surface area (Å²) in [4.78, 5) is 33.8. The molecule has 0 unspecified atom stereocenters. The molecule has 0 aliphatic rings. The molecule has 0 saturated heterocycles. The van der Waals surface area contributed by atoms with E-state index in [9.17, 15) is 14.9 Å². The summed E-state index contributed by atoms with van der Waals surface area (Å²) in [6.45, 7) is -0.345. The molecule has 0 aliphatic heterocycles. The van der Waals surface area contributed by atoms with Gasteiger partial charge < -0.3 is 15.7 Å². The number of carbonyl (C=O) groups is 1. The maximum atomic E-state index is 10.8. The molecule has 10 nitrogen and oxygen atoms in total. The van der Waals surface area contributed by atoms with Crippen molar-refractivity contribution < 1.29 is 14.8 Å². The number of nitro benzene ring substituents is 1. The van der Waals surface area contributed by atoms with E-state index < -0.39 is 10.9 Å². The second kappa shape index (κ2) is 7.87. The Morgan fingerprint density at radius 2 is 1.89 bits per heavy atom. The van der Waals surface area contributed by atoms with Crippen LogP contribution in [0.1, 0.15) is 0 Å². The fraction of sp³-hybridized carbons (Fsp3) is 0.0588. The second-order valence-electron chi connectivity index (χ2n) is 5.35. The van der Waals surface area contributed by atoms with Crippen molar-refractivity contribution in [3.63, 3.8) is 0 Å². The molecule has 3 rings (SSSR count). The van der Waals surface area contributed by atoms with Gasteiger partial charge in [-0.1, -0.05) is 6.07 Å². The Bertz CT molecular complexity index is 963. The van der Waals surface area contributed by atoms with Gasteiger partial charge in [0, 0.05) is 30.1 Å². The number of rotatable bonds is 7. The largest absolute Gasteiger partial charge is 0.480 e. The first-order chi connectivity index (χ1) is 13.0. The fourth-order valence-corrected chi connectivity index (χ4v) is 2.20. The van der Waals surface area contributed by atoms with Crippen LogP contribution in [0.5, 0.6) is 0 Å². The van der Waals surface area contributed by atoms with Gasteiger partial charge in [-0.2, -0.15) is 4.98 Å². The first-order valence-electron chi connectivity index (χ1n) is 7.79. The lowest BCUT2D eigenvalue weighted by Crippen LogP contribution is -2.15. The molecule has 0 atom stereocenters. The average molecular weight is 366 g/mol. The number of carboxylic acid groups (broad SMARTS) is 1. The van der Waals surface area contributed by atoms with E-state index in [0.717, 1.165) is 0 Å². The summed E-state index contributed by atoms with van der Waals surface area (Å²) in [6, 6.07) is 12.8. The highest BCUT2D eigenvalue weighted by atomic mass is 16.6. The molecule has 0 saturated carbocycles. The van der Waals surface area contributed by atoms with E-state index >= 15 is 0 Å². The number of benzene rings is 1. The van der Waals surface area contributed by atoms with Crippen molar-refractivity contribution in [2.24, 2.45) is 0 Å². The minimum Gasteiger partial charge on any atom is -0.480 e. The molecule has 1 aromatic carbocycles. The molecule has 2 heterocycles. The van der Waals surface area contributed by atoms with E-state index in [0.29, 0.717) is 22.9 Å². The number of nitro groups is 1. The van der Waals surface area contributed by atoms with Crippen LogP contribution < -0.4 is 10.6 Å². The molecule has 27 heavy (non-hydrogen) atoms. The van der Waals surface area contributed by atoms with Gasteiger partial charge in [-0.05, 0) is 24.3 Å². The van der Waals surface area contributed by atoms with Gasteiger partial charge in [0.1, 0.15) is 12.4 Å². The smallest absolute Gasteiger partial charge is 0.322 e. The summed E-state index contributed by atoms with van der Waals surface area (Å²) in [5, 5.41) is 25.2. The Hall–Kier alpha value is -4.08. The second-order valence-corrected chi connectivity index (χ2v) is 5.35. The van der Waals surface area contributed by atoms with Gasteiger partial charge in [0.15, 0.2) is 0 Å². The molecule has 0 amide bonds. The minimum atomic E-state index is -1.05. The number of aromatic nitrogens is 3. The number of non-ortho nitro benzene ring substituents is 1. The maximum absolute atomic E-state index is 10.8.